The summed E-state index contributed by atoms with van der Waals surface area (Å²) < 4.78 is 2.68. The summed E-state index contributed by atoms with van der Waals surface area (Å²) in [5, 5.41) is 2.70. The molecule has 232 valence electrons. The third-order valence-electron chi connectivity index (χ3n) is 11.2. The maximum absolute atomic E-state index is 2.70. The molecule has 6 aromatic carbocycles. The number of thiophene rings is 1. The van der Waals surface area contributed by atoms with Crippen LogP contribution in [0.4, 0.5) is 28.4 Å². The van der Waals surface area contributed by atoms with E-state index in [4.69, 9.17) is 0 Å². The van der Waals surface area contributed by atoms with Crippen molar-refractivity contribution in [2.45, 2.75) is 52.4 Å². The van der Waals surface area contributed by atoms with Gasteiger partial charge >= 0.3 is 6.85 Å². The van der Waals surface area contributed by atoms with Gasteiger partial charge in [0.1, 0.15) is 0 Å². The molecule has 0 bridgehead atoms. The van der Waals surface area contributed by atoms with E-state index in [1.165, 1.54) is 92.9 Å². The molecule has 48 heavy (non-hydrogen) atoms. The van der Waals surface area contributed by atoms with Crippen molar-refractivity contribution in [3.05, 3.63) is 138 Å². The number of hydrogen-bond donors (Lipinski definition) is 0. The molecule has 0 N–H and O–H groups in total. The van der Waals surface area contributed by atoms with E-state index in [9.17, 15) is 0 Å². The number of hydrogen-bond acceptors (Lipinski definition) is 3. The maximum atomic E-state index is 2.70. The monoisotopic (exact) mass is 636 g/mol. The summed E-state index contributed by atoms with van der Waals surface area (Å²) in [5.74, 6) is 0. The Balaban J connectivity index is 1.38. The molecule has 0 fully saturated rings. The Morgan fingerprint density at radius 2 is 1.42 bits per heavy atom. The van der Waals surface area contributed by atoms with Crippen LogP contribution in [0.1, 0.15) is 56.9 Å². The summed E-state index contributed by atoms with van der Waals surface area (Å²) in [7, 11) is 0. The highest BCUT2D eigenvalue weighted by molar-refractivity contribution is 7.26. The van der Waals surface area contributed by atoms with Crippen LogP contribution in [-0.2, 0) is 10.8 Å². The van der Waals surface area contributed by atoms with Gasteiger partial charge in [-0.3, -0.25) is 0 Å². The molecule has 10 rings (SSSR count). The van der Waals surface area contributed by atoms with Crippen LogP contribution >= 0.6 is 11.3 Å². The number of aryl methyl sites for hydroxylation is 1. The van der Waals surface area contributed by atoms with E-state index in [0.29, 0.717) is 0 Å². The first kappa shape index (κ1) is 28.2. The Morgan fingerprint density at radius 1 is 0.667 bits per heavy atom. The lowest BCUT2D eigenvalue weighted by Gasteiger charge is -2.50. The Bertz CT molecular complexity index is 2500. The minimum atomic E-state index is -0.134. The SMILES string of the molecule is Cc1cc2c3c(c1)N1c4ccccc4C(C)(C)c4cccc(c41)B3N(c1ccc(C(C)(C)C)cc1)c1c-2ccc2sc3ccccc3c12. The molecule has 0 amide bonds. The molecule has 0 spiro atoms. The van der Waals surface area contributed by atoms with Crippen molar-refractivity contribution in [2.24, 2.45) is 0 Å². The van der Waals surface area contributed by atoms with E-state index in [1.54, 1.807) is 0 Å². The topological polar surface area (TPSA) is 6.48 Å². The van der Waals surface area contributed by atoms with Crippen LogP contribution in [0.3, 0.4) is 0 Å². The van der Waals surface area contributed by atoms with E-state index in [2.05, 4.69) is 167 Å². The fourth-order valence-electron chi connectivity index (χ4n) is 8.94. The van der Waals surface area contributed by atoms with E-state index < -0.39 is 0 Å². The first-order chi connectivity index (χ1) is 23.1. The van der Waals surface area contributed by atoms with Gasteiger partial charge in [-0.2, -0.15) is 0 Å². The van der Waals surface area contributed by atoms with Crippen LogP contribution in [0.2, 0.25) is 0 Å². The number of nitrogens with zero attached hydrogens (tertiary/aromatic N) is 2. The normalized spacial score (nSPS) is 15.3. The van der Waals surface area contributed by atoms with E-state index in [-0.39, 0.29) is 17.7 Å². The quantitative estimate of drug-likeness (QED) is 0.166. The average molecular weight is 637 g/mol. The molecule has 2 nitrogen and oxygen atoms in total. The summed E-state index contributed by atoms with van der Waals surface area (Å²) >= 11 is 1.91. The van der Waals surface area contributed by atoms with E-state index in [1.807, 2.05) is 11.3 Å². The summed E-state index contributed by atoms with van der Waals surface area (Å²) in [6.45, 7) is 14.0. The fraction of sp³-hybridized carbons (Fsp3) is 0.182. The Morgan fingerprint density at radius 3 is 2.23 bits per heavy atom. The van der Waals surface area contributed by atoms with Gasteiger partial charge in [-0.05, 0) is 87.5 Å². The first-order valence-corrected chi connectivity index (χ1v) is 18.0. The first-order valence-electron chi connectivity index (χ1n) is 17.1. The number of benzene rings is 6. The van der Waals surface area contributed by atoms with Crippen LogP contribution < -0.4 is 20.6 Å². The highest BCUT2D eigenvalue weighted by Crippen LogP contribution is 2.56. The Labute approximate surface area is 287 Å². The predicted octanol–water partition coefficient (Wildman–Crippen LogP) is 11.0. The largest absolute Gasteiger partial charge is 0.376 e. The van der Waals surface area contributed by atoms with Gasteiger partial charge in [0.2, 0.25) is 0 Å². The minimum absolute atomic E-state index is 0.0140. The number of anilines is 5. The van der Waals surface area contributed by atoms with E-state index in [0.717, 1.165) is 0 Å². The highest BCUT2D eigenvalue weighted by Gasteiger charge is 2.49. The highest BCUT2D eigenvalue weighted by atomic mass is 32.1. The zero-order valence-corrected chi connectivity index (χ0v) is 29.2. The number of rotatable bonds is 1. The smallest absolute Gasteiger partial charge is 0.333 e. The third-order valence-corrected chi connectivity index (χ3v) is 12.3. The molecule has 0 unspecified atom stereocenters. The maximum Gasteiger partial charge on any atom is 0.333 e. The molecule has 0 radical (unpaired) electrons. The molecule has 7 aromatic rings. The zero-order valence-electron chi connectivity index (χ0n) is 28.3. The Hall–Kier alpha value is -4.80. The van der Waals surface area contributed by atoms with Crippen LogP contribution in [0.15, 0.2) is 115 Å². The summed E-state index contributed by atoms with van der Waals surface area (Å²) in [4.78, 5) is 5.29. The molecular weight excluding hydrogens is 599 g/mol. The Kier molecular flexibility index (Phi) is 5.54. The third kappa shape index (κ3) is 3.59. The van der Waals surface area contributed by atoms with Crippen LogP contribution in [0.5, 0.6) is 0 Å². The second-order valence-electron chi connectivity index (χ2n) is 15.5. The molecule has 0 saturated heterocycles. The van der Waals surface area contributed by atoms with Gasteiger partial charge < -0.3 is 9.71 Å². The van der Waals surface area contributed by atoms with Crippen molar-refractivity contribution in [1.29, 1.82) is 0 Å². The van der Waals surface area contributed by atoms with Gasteiger partial charge in [0.05, 0.1) is 5.69 Å². The van der Waals surface area contributed by atoms with Crippen molar-refractivity contribution < 1.29 is 0 Å². The summed E-state index contributed by atoms with van der Waals surface area (Å²) in [6, 6.07) is 44.2. The van der Waals surface area contributed by atoms with Crippen molar-refractivity contribution in [1.82, 2.24) is 0 Å². The molecule has 0 atom stereocenters. The lowest BCUT2D eigenvalue weighted by atomic mass is 9.42. The summed E-state index contributed by atoms with van der Waals surface area (Å²) in [5.41, 5.74) is 17.3. The van der Waals surface area contributed by atoms with Gasteiger partial charge in [-0.15, -0.1) is 11.3 Å². The summed E-state index contributed by atoms with van der Waals surface area (Å²) in [6.07, 6.45) is 0. The number of para-hydroxylation sites is 2. The van der Waals surface area contributed by atoms with Gasteiger partial charge in [0, 0.05) is 53.9 Å². The van der Waals surface area contributed by atoms with Crippen LogP contribution in [-0.4, -0.2) is 6.85 Å². The van der Waals surface area contributed by atoms with Crippen LogP contribution in [0.25, 0.3) is 31.3 Å². The van der Waals surface area contributed by atoms with Crippen molar-refractivity contribution >= 4 is 77.7 Å². The van der Waals surface area contributed by atoms with Crippen molar-refractivity contribution in [2.75, 3.05) is 9.71 Å². The van der Waals surface area contributed by atoms with Gasteiger partial charge in [-0.1, -0.05) is 113 Å². The van der Waals surface area contributed by atoms with Crippen LogP contribution in [0, 0.1) is 6.92 Å². The molecule has 4 heterocycles. The standard InChI is InChI=1S/C44H37BN2S/c1-26-24-31-29-22-23-38-39(30-12-7-10-17-37(30)48-38)41(29)47(28-20-18-27(19-21-28)43(2,3)4)45-34-15-11-14-33-42(34)46(36(25-26)40(31)45)35-16-9-8-13-32(35)44(33,5)6/h7-25H,1-6H3. The van der Waals surface area contributed by atoms with Gasteiger partial charge in [0.25, 0.3) is 0 Å². The lowest BCUT2D eigenvalue weighted by molar-refractivity contribution is 0.590. The molecular formula is C44H37BN2S. The fourth-order valence-corrected chi connectivity index (χ4v) is 10.1. The van der Waals surface area contributed by atoms with Gasteiger partial charge in [0.15, 0.2) is 0 Å². The lowest BCUT2D eigenvalue weighted by Crippen LogP contribution is -2.62. The molecule has 4 heteroatoms. The number of fused-ring (bicyclic) bond motifs is 10. The second-order valence-corrected chi connectivity index (χ2v) is 16.6. The van der Waals surface area contributed by atoms with Gasteiger partial charge in [-0.25, -0.2) is 0 Å². The molecule has 3 aliphatic heterocycles. The van der Waals surface area contributed by atoms with Crippen molar-refractivity contribution in [3.63, 3.8) is 0 Å². The minimum Gasteiger partial charge on any atom is -0.376 e. The predicted molar refractivity (Wildman–Crippen MR) is 209 cm³/mol. The average Bonchev–Trinajstić information content (AvgIpc) is 3.46. The van der Waals surface area contributed by atoms with Crippen molar-refractivity contribution in [3.8, 4) is 11.1 Å². The zero-order chi connectivity index (χ0) is 32.7. The molecule has 3 aliphatic rings. The van der Waals surface area contributed by atoms with E-state index >= 15 is 0 Å². The molecule has 1 aromatic heterocycles. The molecule has 0 saturated carbocycles. The second kappa shape index (κ2) is 9.42. The molecule has 0 aliphatic carbocycles.